The van der Waals surface area contributed by atoms with Crippen molar-refractivity contribution in [2.75, 3.05) is 39.3 Å². The summed E-state index contributed by atoms with van der Waals surface area (Å²) in [5.74, 6) is -2.29. The Morgan fingerprint density at radius 3 is 1.58 bits per heavy atom. The van der Waals surface area contributed by atoms with Crippen molar-refractivity contribution in [2.45, 2.75) is 127 Å². The lowest BCUT2D eigenvalue weighted by Gasteiger charge is -2.31. The zero-order chi connectivity index (χ0) is 45.0. The van der Waals surface area contributed by atoms with E-state index in [1.165, 1.54) is 11.1 Å². The van der Waals surface area contributed by atoms with Gasteiger partial charge < -0.3 is 30.7 Å². The van der Waals surface area contributed by atoms with Gasteiger partial charge in [0.1, 0.15) is 6.04 Å². The average Bonchev–Trinajstić information content (AvgIpc) is 4.24. The minimum absolute atomic E-state index is 0.0207. The van der Waals surface area contributed by atoms with E-state index in [1.807, 2.05) is 36.4 Å². The second kappa shape index (κ2) is 22.4. The molecule has 1 unspecified atom stereocenters. The molecule has 0 spiro atoms. The summed E-state index contributed by atoms with van der Waals surface area (Å²) in [7, 11) is 0. The summed E-state index contributed by atoms with van der Waals surface area (Å²) in [5.41, 5.74) is 3.06. The molecule has 3 aromatic carbocycles. The molecule has 64 heavy (non-hydrogen) atoms. The van der Waals surface area contributed by atoms with Crippen LogP contribution in [0.15, 0.2) is 84.9 Å². The maximum absolute atomic E-state index is 14.1. The molecule has 2 aliphatic carbocycles. The number of hydrogen-bond acceptors (Lipinski definition) is 6. The van der Waals surface area contributed by atoms with Crippen LogP contribution in [-0.4, -0.2) is 108 Å². The van der Waals surface area contributed by atoms with Crippen molar-refractivity contribution < 1.29 is 28.8 Å². The Kier molecular flexibility index (Phi) is 16.3. The van der Waals surface area contributed by atoms with Gasteiger partial charge in [0.2, 0.25) is 23.6 Å². The van der Waals surface area contributed by atoms with Gasteiger partial charge in [0.15, 0.2) is 0 Å². The van der Waals surface area contributed by atoms with Crippen LogP contribution in [0.4, 0.5) is 0 Å². The highest BCUT2D eigenvalue weighted by molar-refractivity contribution is 5.99. The standard InChI is InChI=1S/C52H68N6O6/c1-3-5-7-9-16-23-47(59)58-30-18-29-56(35-46(58)50(62)53-28-17-8-6-4-2)51(63)38-24-26-39(27-25-38)52(64)57-33-42(48(60)54-44-31-40(44)36-19-12-10-13-20-36)43(34-57)49(61)55-45-32-41(45)37-21-14-11-15-22-37/h10-15,19-22,24-27,40-46H,3-9,16-18,23,28-35H2,1-2H3,(H,53,62)(H,54,60)(H,55,61)/t40-,41-,42-,43-,44+,45+,46?/m1/s1. The normalized spacial score (nSPS) is 23.8. The van der Waals surface area contributed by atoms with E-state index in [-0.39, 0.29) is 79.0 Å². The fraction of sp³-hybridized carbons (Fsp3) is 0.538. The van der Waals surface area contributed by atoms with Crippen LogP contribution in [0.5, 0.6) is 0 Å². The third kappa shape index (κ3) is 12.0. The third-order valence-corrected chi connectivity index (χ3v) is 13.7. The van der Waals surface area contributed by atoms with Crippen LogP contribution in [0, 0.1) is 11.8 Å². The van der Waals surface area contributed by atoms with E-state index in [0.29, 0.717) is 43.6 Å². The third-order valence-electron chi connectivity index (χ3n) is 13.7. The highest BCUT2D eigenvalue weighted by atomic mass is 16.2. The lowest BCUT2D eigenvalue weighted by atomic mass is 9.94. The zero-order valence-corrected chi connectivity index (χ0v) is 37.9. The van der Waals surface area contributed by atoms with Crippen molar-refractivity contribution in [1.29, 1.82) is 0 Å². The number of benzene rings is 3. The number of rotatable bonds is 20. The largest absolute Gasteiger partial charge is 0.354 e. The number of carbonyl (C=O) groups excluding carboxylic acids is 6. The first-order chi connectivity index (χ1) is 31.2. The summed E-state index contributed by atoms with van der Waals surface area (Å²) in [5, 5.41) is 9.44. The molecule has 3 N–H and O–H groups in total. The van der Waals surface area contributed by atoms with Crippen LogP contribution >= 0.6 is 0 Å². The van der Waals surface area contributed by atoms with Gasteiger partial charge in [-0.2, -0.15) is 0 Å². The summed E-state index contributed by atoms with van der Waals surface area (Å²) in [6.45, 7) is 5.90. The van der Waals surface area contributed by atoms with E-state index in [1.54, 1.807) is 39.0 Å². The molecule has 4 aliphatic rings. The first kappa shape index (κ1) is 46.5. The number of amides is 6. The van der Waals surface area contributed by atoms with Crippen molar-refractivity contribution in [3.05, 3.63) is 107 Å². The van der Waals surface area contributed by atoms with E-state index in [4.69, 9.17) is 0 Å². The van der Waals surface area contributed by atoms with Crippen LogP contribution in [0.1, 0.15) is 141 Å². The van der Waals surface area contributed by atoms with Crippen molar-refractivity contribution in [1.82, 2.24) is 30.7 Å². The van der Waals surface area contributed by atoms with E-state index >= 15 is 0 Å². The number of nitrogens with one attached hydrogen (secondary N) is 3. The van der Waals surface area contributed by atoms with Gasteiger partial charge in [-0.15, -0.1) is 0 Å². The monoisotopic (exact) mass is 873 g/mol. The molecule has 2 saturated carbocycles. The number of carbonyl (C=O) groups is 6. The van der Waals surface area contributed by atoms with Crippen LogP contribution in [0.2, 0.25) is 0 Å². The predicted molar refractivity (Wildman–Crippen MR) is 247 cm³/mol. The van der Waals surface area contributed by atoms with E-state index < -0.39 is 17.9 Å². The zero-order valence-electron chi connectivity index (χ0n) is 37.9. The van der Waals surface area contributed by atoms with Gasteiger partial charge in [-0.3, -0.25) is 28.8 Å². The molecule has 7 atom stereocenters. The van der Waals surface area contributed by atoms with Crippen molar-refractivity contribution in [3.8, 4) is 0 Å². The van der Waals surface area contributed by atoms with Crippen LogP contribution in [0.25, 0.3) is 0 Å². The Hall–Kier alpha value is -5.52. The fourth-order valence-corrected chi connectivity index (χ4v) is 9.65. The van der Waals surface area contributed by atoms with Gasteiger partial charge in [0, 0.05) is 74.2 Å². The first-order valence-electron chi connectivity index (χ1n) is 24.1. The van der Waals surface area contributed by atoms with E-state index in [9.17, 15) is 28.8 Å². The van der Waals surface area contributed by atoms with Gasteiger partial charge in [0.05, 0.1) is 18.4 Å². The van der Waals surface area contributed by atoms with E-state index in [0.717, 1.165) is 70.6 Å². The summed E-state index contributed by atoms with van der Waals surface area (Å²) >= 11 is 0. The fourth-order valence-electron chi connectivity index (χ4n) is 9.65. The van der Waals surface area contributed by atoms with Gasteiger partial charge in [0.25, 0.3) is 11.8 Å². The molecule has 3 aromatic rings. The first-order valence-corrected chi connectivity index (χ1v) is 24.1. The lowest BCUT2D eigenvalue weighted by Crippen LogP contribution is -2.54. The van der Waals surface area contributed by atoms with Crippen LogP contribution in [0.3, 0.4) is 0 Å². The van der Waals surface area contributed by atoms with Gasteiger partial charge in [-0.25, -0.2) is 0 Å². The summed E-state index contributed by atoms with van der Waals surface area (Å²) in [6.07, 6.45) is 11.7. The minimum Gasteiger partial charge on any atom is -0.354 e. The second-order valence-electron chi connectivity index (χ2n) is 18.5. The lowest BCUT2D eigenvalue weighted by molar-refractivity contribution is -0.140. The van der Waals surface area contributed by atoms with Crippen molar-refractivity contribution >= 4 is 35.4 Å². The molecule has 0 bridgehead atoms. The molecule has 2 aliphatic heterocycles. The molecule has 4 fully saturated rings. The van der Waals surface area contributed by atoms with Crippen molar-refractivity contribution in [3.63, 3.8) is 0 Å². The summed E-state index contributed by atoms with van der Waals surface area (Å²) in [4.78, 5) is 88.4. The molecule has 12 nitrogen and oxygen atoms in total. The molecule has 6 amide bonds. The maximum Gasteiger partial charge on any atom is 0.253 e. The Morgan fingerprint density at radius 2 is 1.05 bits per heavy atom. The SMILES string of the molecule is CCCCCCCC(=O)N1CCCN(C(=O)c2ccc(C(=O)N3C[C@@H](C(=O)N[C@H]4C[C@@H]4c4ccccc4)[C@H](C(=O)N[C@H]4C[C@@H]4c4ccccc4)C3)cc2)CC1C(=O)NCCCCCC. The Bertz CT molecular complexity index is 1990. The Labute approximate surface area is 379 Å². The number of hydrogen-bond donors (Lipinski definition) is 3. The number of likely N-dealkylation sites (tertiary alicyclic amines) is 1. The minimum atomic E-state index is -0.791. The summed E-state index contributed by atoms with van der Waals surface area (Å²) in [6, 6.07) is 25.8. The molecule has 0 radical (unpaired) electrons. The maximum atomic E-state index is 14.1. The van der Waals surface area contributed by atoms with Gasteiger partial charge >= 0.3 is 0 Å². The quantitative estimate of drug-likeness (QED) is 0.106. The Morgan fingerprint density at radius 1 is 0.547 bits per heavy atom. The second-order valence-corrected chi connectivity index (χ2v) is 18.5. The van der Waals surface area contributed by atoms with Crippen molar-refractivity contribution in [2.24, 2.45) is 11.8 Å². The molecule has 2 saturated heterocycles. The predicted octanol–water partition coefficient (Wildman–Crippen LogP) is 6.82. The van der Waals surface area contributed by atoms with Gasteiger partial charge in [-0.1, -0.05) is 119 Å². The molecule has 12 heteroatoms. The molecule has 7 rings (SSSR count). The topological polar surface area (TPSA) is 148 Å². The smallest absolute Gasteiger partial charge is 0.253 e. The average molecular weight is 873 g/mol. The molecular weight excluding hydrogens is 805 g/mol. The van der Waals surface area contributed by atoms with Crippen LogP contribution in [-0.2, 0) is 19.2 Å². The highest BCUT2D eigenvalue weighted by Gasteiger charge is 2.49. The molecular formula is C52H68N6O6. The summed E-state index contributed by atoms with van der Waals surface area (Å²) < 4.78 is 0. The number of unbranched alkanes of at least 4 members (excludes halogenated alkanes) is 7. The molecule has 2 heterocycles. The number of nitrogens with zero attached hydrogens (tertiary/aromatic N) is 3. The highest BCUT2D eigenvalue weighted by Crippen LogP contribution is 2.42. The van der Waals surface area contributed by atoms with E-state index in [2.05, 4.69) is 54.1 Å². The van der Waals surface area contributed by atoms with Crippen LogP contribution < -0.4 is 16.0 Å². The molecule has 0 aromatic heterocycles. The Balaban J connectivity index is 1.00. The van der Waals surface area contributed by atoms with Gasteiger partial charge in [-0.05, 0) is 67.5 Å². The molecule has 342 valence electrons.